The highest BCUT2D eigenvalue weighted by molar-refractivity contribution is 7.90. The monoisotopic (exact) mass is 428 g/mol. The van der Waals surface area contributed by atoms with Crippen LogP contribution >= 0.6 is 0 Å². The Kier molecular flexibility index (Phi) is 4.47. The first-order valence-electron chi connectivity index (χ1n) is 8.50. The molecule has 0 saturated heterocycles. The third-order valence-electron chi connectivity index (χ3n) is 4.35. The number of rotatable bonds is 4. The maximum atomic E-state index is 13.2. The molecular formula is C19H16N4O4S2. The highest BCUT2D eigenvalue weighted by Gasteiger charge is 2.23. The van der Waals surface area contributed by atoms with E-state index in [1.165, 1.54) is 36.8 Å². The van der Waals surface area contributed by atoms with Gasteiger partial charge in [-0.1, -0.05) is 17.7 Å². The van der Waals surface area contributed by atoms with Crippen molar-refractivity contribution in [3.05, 3.63) is 66.6 Å². The van der Waals surface area contributed by atoms with Gasteiger partial charge in [-0.2, -0.15) is 0 Å². The molecule has 0 aliphatic rings. The molecule has 29 heavy (non-hydrogen) atoms. The minimum atomic E-state index is -3.92. The number of hydrogen-bond donors (Lipinski definition) is 0. The summed E-state index contributed by atoms with van der Waals surface area (Å²) < 4.78 is 51.2. The molecule has 148 valence electrons. The van der Waals surface area contributed by atoms with Gasteiger partial charge in [-0.3, -0.25) is 0 Å². The van der Waals surface area contributed by atoms with Crippen LogP contribution in [0.15, 0.2) is 71.1 Å². The molecular weight excluding hydrogens is 412 g/mol. The largest absolute Gasteiger partial charge is 0.269 e. The standard InChI is InChI=1S/C19H16N4O4S2/c1-13-5-7-14(8-6-13)29(26,27)23-12-16(15-4-3-10-20-18(15)23)17-9-11-21-19(22-17)28(2,24)25/h3-12H,1-2H3. The SMILES string of the molecule is Cc1ccc(S(=O)(=O)n2cc(-c3ccnc(S(C)(=O)=O)n3)c3cccnc32)cc1. The van der Waals surface area contributed by atoms with Crippen molar-refractivity contribution in [2.75, 3.05) is 6.26 Å². The van der Waals surface area contributed by atoms with Crippen LogP contribution in [0.1, 0.15) is 5.56 Å². The molecule has 4 aromatic rings. The van der Waals surface area contributed by atoms with E-state index in [0.717, 1.165) is 15.8 Å². The third-order valence-corrected chi connectivity index (χ3v) is 6.87. The zero-order valence-electron chi connectivity index (χ0n) is 15.5. The van der Waals surface area contributed by atoms with Gasteiger partial charge in [0.1, 0.15) is 0 Å². The summed E-state index contributed by atoms with van der Waals surface area (Å²) in [7, 11) is -7.53. The number of benzene rings is 1. The summed E-state index contributed by atoms with van der Waals surface area (Å²) in [4.78, 5) is 12.2. The van der Waals surface area contributed by atoms with Crippen molar-refractivity contribution in [1.82, 2.24) is 18.9 Å². The van der Waals surface area contributed by atoms with Crippen LogP contribution in [-0.4, -0.2) is 42.0 Å². The summed E-state index contributed by atoms with van der Waals surface area (Å²) >= 11 is 0. The third kappa shape index (κ3) is 3.40. The minimum absolute atomic E-state index is 0.122. The minimum Gasteiger partial charge on any atom is -0.237 e. The quantitative estimate of drug-likeness (QED) is 0.459. The lowest BCUT2D eigenvalue weighted by Crippen LogP contribution is -2.12. The van der Waals surface area contributed by atoms with Crippen molar-refractivity contribution >= 4 is 30.9 Å². The van der Waals surface area contributed by atoms with Crippen molar-refractivity contribution < 1.29 is 16.8 Å². The first kappa shape index (κ1) is 19.2. The maximum Gasteiger partial charge on any atom is 0.269 e. The normalized spacial score (nSPS) is 12.3. The van der Waals surface area contributed by atoms with Gasteiger partial charge in [0.25, 0.3) is 10.0 Å². The van der Waals surface area contributed by atoms with E-state index < -0.39 is 19.9 Å². The molecule has 10 heteroatoms. The van der Waals surface area contributed by atoms with Gasteiger partial charge in [-0.05, 0) is 37.3 Å². The molecule has 4 rings (SSSR count). The summed E-state index contributed by atoms with van der Waals surface area (Å²) in [6, 6.07) is 11.4. The van der Waals surface area contributed by atoms with Gasteiger partial charge >= 0.3 is 0 Å². The molecule has 0 aliphatic heterocycles. The number of hydrogen-bond acceptors (Lipinski definition) is 7. The molecule has 0 radical (unpaired) electrons. The van der Waals surface area contributed by atoms with E-state index in [0.29, 0.717) is 10.9 Å². The number of aromatic nitrogens is 4. The molecule has 0 saturated carbocycles. The van der Waals surface area contributed by atoms with Gasteiger partial charge in [0, 0.05) is 35.8 Å². The Hall–Kier alpha value is -3.11. The van der Waals surface area contributed by atoms with Crippen LogP contribution < -0.4 is 0 Å². The maximum absolute atomic E-state index is 13.2. The molecule has 0 spiro atoms. The van der Waals surface area contributed by atoms with Crippen molar-refractivity contribution in [3.63, 3.8) is 0 Å². The van der Waals surface area contributed by atoms with Gasteiger partial charge in [0.2, 0.25) is 15.0 Å². The summed E-state index contributed by atoms with van der Waals surface area (Å²) in [5, 5.41) is 0.197. The fourth-order valence-corrected chi connectivity index (χ4v) is 4.75. The van der Waals surface area contributed by atoms with E-state index in [1.54, 1.807) is 24.3 Å². The van der Waals surface area contributed by atoms with E-state index in [2.05, 4.69) is 15.0 Å². The number of aryl methyl sites for hydroxylation is 1. The Morgan fingerprint density at radius 3 is 2.31 bits per heavy atom. The molecule has 0 unspecified atom stereocenters. The molecule has 3 aromatic heterocycles. The number of fused-ring (bicyclic) bond motifs is 1. The van der Waals surface area contributed by atoms with Gasteiger partial charge in [0.05, 0.1) is 10.6 Å². The van der Waals surface area contributed by atoms with Crippen molar-refractivity contribution in [3.8, 4) is 11.3 Å². The lowest BCUT2D eigenvalue weighted by atomic mass is 10.1. The average molecular weight is 428 g/mol. The fourth-order valence-electron chi connectivity index (χ4n) is 2.91. The molecule has 0 fully saturated rings. The fraction of sp³-hybridized carbons (Fsp3) is 0.105. The lowest BCUT2D eigenvalue weighted by Gasteiger charge is -2.07. The van der Waals surface area contributed by atoms with Gasteiger partial charge in [-0.25, -0.2) is 35.8 Å². The van der Waals surface area contributed by atoms with Gasteiger partial charge in [0.15, 0.2) is 5.65 Å². The van der Waals surface area contributed by atoms with E-state index in [1.807, 2.05) is 6.92 Å². The van der Waals surface area contributed by atoms with Crippen LogP contribution in [0.25, 0.3) is 22.3 Å². The molecule has 0 amide bonds. The molecule has 8 nitrogen and oxygen atoms in total. The summed E-state index contributed by atoms with van der Waals surface area (Å²) in [5.74, 6) is 0. The lowest BCUT2D eigenvalue weighted by molar-refractivity contribution is 0.588. The number of sulfone groups is 1. The molecule has 0 atom stereocenters. The molecule has 1 aromatic carbocycles. The molecule has 3 heterocycles. The molecule has 0 aliphatic carbocycles. The molecule has 0 bridgehead atoms. The van der Waals surface area contributed by atoms with E-state index in [4.69, 9.17) is 0 Å². The smallest absolute Gasteiger partial charge is 0.237 e. The Labute approximate surface area is 167 Å². The zero-order chi connectivity index (χ0) is 20.8. The predicted molar refractivity (Wildman–Crippen MR) is 108 cm³/mol. The van der Waals surface area contributed by atoms with E-state index >= 15 is 0 Å². The van der Waals surface area contributed by atoms with Crippen LogP contribution in [-0.2, 0) is 19.9 Å². The Balaban J connectivity index is 1.97. The summed E-state index contributed by atoms with van der Waals surface area (Å²) in [5.41, 5.74) is 1.89. The Morgan fingerprint density at radius 1 is 0.897 bits per heavy atom. The van der Waals surface area contributed by atoms with Gasteiger partial charge in [-0.15, -0.1) is 0 Å². The summed E-state index contributed by atoms with van der Waals surface area (Å²) in [6.07, 6.45) is 5.24. The van der Waals surface area contributed by atoms with Crippen molar-refractivity contribution in [2.45, 2.75) is 17.0 Å². The van der Waals surface area contributed by atoms with Crippen LogP contribution in [0, 0.1) is 6.92 Å². The number of nitrogens with zero attached hydrogens (tertiary/aromatic N) is 4. The van der Waals surface area contributed by atoms with Crippen LogP contribution in [0.5, 0.6) is 0 Å². The summed E-state index contributed by atoms with van der Waals surface area (Å²) in [6.45, 7) is 1.87. The predicted octanol–water partition coefficient (Wildman–Crippen LogP) is 2.44. The first-order valence-corrected chi connectivity index (χ1v) is 11.8. The second-order valence-electron chi connectivity index (χ2n) is 6.53. The number of pyridine rings is 1. The second kappa shape index (κ2) is 6.75. The Morgan fingerprint density at radius 2 is 1.62 bits per heavy atom. The van der Waals surface area contributed by atoms with Crippen molar-refractivity contribution in [1.29, 1.82) is 0 Å². The van der Waals surface area contributed by atoms with E-state index in [-0.39, 0.29) is 21.4 Å². The van der Waals surface area contributed by atoms with Crippen molar-refractivity contribution in [2.24, 2.45) is 0 Å². The topological polar surface area (TPSA) is 112 Å². The van der Waals surface area contributed by atoms with Gasteiger partial charge < -0.3 is 0 Å². The zero-order valence-corrected chi connectivity index (χ0v) is 17.1. The Bertz CT molecular complexity index is 1440. The van der Waals surface area contributed by atoms with Crippen LogP contribution in [0.4, 0.5) is 0 Å². The molecule has 0 N–H and O–H groups in total. The van der Waals surface area contributed by atoms with E-state index in [9.17, 15) is 16.8 Å². The first-order chi connectivity index (χ1) is 13.7. The second-order valence-corrected chi connectivity index (χ2v) is 10.3. The average Bonchev–Trinajstić information content (AvgIpc) is 3.08. The van der Waals surface area contributed by atoms with Crippen LogP contribution in [0.3, 0.4) is 0 Å². The highest BCUT2D eigenvalue weighted by Crippen LogP contribution is 2.31. The highest BCUT2D eigenvalue weighted by atomic mass is 32.2. The van der Waals surface area contributed by atoms with Crippen LogP contribution in [0.2, 0.25) is 0 Å².